The molecular formula is C25H27ClN4O3. The predicted octanol–water partition coefficient (Wildman–Crippen LogP) is 3.03. The lowest BCUT2D eigenvalue weighted by Crippen LogP contribution is -2.46. The van der Waals surface area contributed by atoms with Crippen LogP contribution in [0.5, 0.6) is 0 Å². The second-order valence-electron chi connectivity index (χ2n) is 8.36. The molecular weight excluding hydrogens is 440 g/mol. The molecule has 1 N–H and O–H groups in total. The Balaban J connectivity index is 1.50. The maximum absolute atomic E-state index is 13.0. The van der Waals surface area contributed by atoms with E-state index < -0.39 is 0 Å². The number of amides is 1. The molecule has 2 heterocycles. The van der Waals surface area contributed by atoms with Crippen molar-refractivity contribution < 1.29 is 4.79 Å². The summed E-state index contributed by atoms with van der Waals surface area (Å²) in [6.07, 6.45) is 1.27. The van der Waals surface area contributed by atoms with E-state index in [4.69, 9.17) is 11.6 Å². The fourth-order valence-corrected chi connectivity index (χ4v) is 4.60. The number of halogens is 1. The molecule has 1 aliphatic heterocycles. The molecule has 0 bridgehead atoms. The van der Waals surface area contributed by atoms with E-state index >= 15 is 0 Å². The quantitative estimate of drug-likeness (QED) is 0.627. The Labute approximate surface area is 197 Å². The van der Waals surface area contributed by atoms with Crippen molar-refractivity contribution in [2.24, 2.45) is 13.0 Å². The van der Waals surface area contributed by atoms with Crippen LogP contribution in [-0.2, 0) is 18.4 Å². The standard InChI is InChI=1S/C25H27ClN4O3/c1-17-22(24(32)28(2)25(33)30(17)21-9-4-3-5-10-21)29-13-11-19(12-14-29)23(31)27-16-18-7-6-8-20(26)15-18/h3-10,15,19H,11-14,16H2,1-2H3,(H,27,31). The summed E-state index contributed by atoms with van der Waals surface area (Å²) < 4.78 is 2.72. The SMILES string of the molecule is Cc1c(N2CCC(C(=O)NCc3cccc(Cl)c3)CC2)c(=O)n(C)c(=O)n1-c1ccccc1. The molecule has 8 heteroatoms. The maximum Gasteiger partial charge on any atom is 0.335 e. The molecule has 4 rings (SSSR count). The third kappa shape index (κ3) is 4.73. The van der Waals surface area contributed by atoms with Crippen LogP contribution in [0.3, 0.4) is 0 Å². The summed E-state index contributed by atoms with van der Waals surface area (Å²) in [5, 5.41) is 3.64. The van der Waals surface area contributed by atoms with E-state index in [-0.39, 0.29) is 23.1 Å². The molecule has 0 saturated carbocycles. The third-order valence-corrected chi connectivity index (χ3v) is 6.45. The number of carbonyl (C=O) groups excluding carboxylic acids is 1. The topological polar surface area (TPSA) is 76.3 Å². The Morgan fingerprint density at radius 3 is 2.42 bits per heavy atom. The van der Waals surface area contributed by atoms with Gasteiger partial charge in [-0.15, -0.1) is 0 Å². The predicted molar refractivity (Wildman–Crippen MR) is 130 cm³/mol. The summed E-state index contributed by atoms with van der Waals surface area (Å²) in [4.78, 5) is 40.6. The molecule has 33 heavy (non-hydrogen) atoms. The van der Waals surface area contributed by atoms with Crippen molar-refractivity contribution in [3.63, 3.8) is 0 Å². The molecule has 0 atom stereocenters. The molecule has 0 spiro atoms. The summed E-state index contributed by atoms with van der Waals surface area (Å²) >= 11 is 6.01. The Hall–Kier alpha value is -3.32. The van der Waals surface area contributed by atoms with Gasteiger partial charge >= 0.3 is 5.69 Å². The van der Waals surface area contributed by atoms with Gasteiger partial charge in [-0.2, -0.15) is 0 Å². The lowest BCUT2D eigenvalue weighted by Gasteiger charge is -2.34. The van der Waals surface area contributed by atoms with Gasteiger partial charge in [-0.25, -0.2) is 4.79 Å². The zero-order valence-corrected chi connectivity index (χ0v) is 19.5. The number of hydrogen-bond donors (Lipinski definition) is 1. The average molecular weight is 467 g/mol. The van der Waals surface area contributed by atoms with Crippen molar-refractivity contribution in [1.82, 2.24) is 14.5 Å². The van der Waals surface area contributed by atoms with Gasteiger partial charge in [0, 0.05) is 37.6 Å². The van der Waals surface area contributed by atoms with E-state index in [0.717, 1.165) is 10.1 Å². The van der Waals surface area contributed by atoms with Crippen LogP contribution in [0.4, 0.5) is 5.69 Å². The summed E-state index contributed by atoms with van der Waals surface area (Å²) in [7, 11) is 1.50. The number of nitrogens with one attached hydrogen (secondary N) is 1. The van der Waals surface area contributed by atoms with Gasteiger partial charge in [0.1, 0.15) is 5.69 Å². The minimum atomic E-state index is -0.372. The molecule has 0 unspecified atom stereocenters. The van der Waals surface area contributed by atoms with Crippen LogP contribution in [0.25, 0.3) is 5.69 Å². The summed E-state index contributed by atoms with van der Waals surface area (Å²) in [6.45, 7) is 3.37. The number of piperidine rings is 1. The molecule has 7 nitrogen and oxygen atoms in total. The zero-order valence-electron chi connectivity index (χ0n) is 18.8. The average Bonchev–Trinajstić information content (AvgIpc) is 2.82. The summed E-state index contributed by atoms with van der Waals surface area (Å²) in [5.74, 6) is -0.113. The molecule has 1 aliphatic rings. The van der Waals surface area contributed by atoms with Gasteiger partial charge < -0.3 is 10.2 Å². The number of para-hydroxylation sites is 1. The highest BCUT2D eigenvalue weighted by Gasteiger charge is 2.28. The smallest absolute Gasteiger partial charge is 0.335 e. The highest BCUT2D eigenvalue weighted by molar-refractivity contribution is 6.30. The van der Waals surface area contributed by atoms with Gasteiger partial charge in [-0.1, -0.05) is 41.9 Å². The minimum absolute atomic E-state index is 0.00788. The molecule has 1 fully saturated rings. The second-order valence-corrected chi connectivity index (χ2v) is 8.80. The van der Waals surface area contributed by atoms with E-state index in [2.05, 4.69) is 5.32 Å². The van der Waals surface area contributed by atoms with Crippen molar-refractivity contribution in [2.45, 2.75) is 26.3 Å². The van der Waals surface area contributed by atoms with Gasteiger partial charge in [0.2, 0.25) is 5.91 Å². The number of anilines is 1. The van der Waals surface area contributed by atoms with Crippen LogP contribution in [0.1, 0.15) is 24.1 Å². The number of rotatable bonds is 5. The zero-order chi connectivity index (χ0) is 23.5. The van der Waals surface area contributed by atoms with Gasteiger partial charge in [0.15, 0.2) is 0 Å². The van der Waals surface area contributed by atoms with Crippen LogP contribution >= 0.6 is 11.6 Å². The number of benzene rings is 2. The number of nitrogens with zero attached hydrogens (tertiary/aromatic N) is 3. The van der Waals surface area contributed by atoms with Crippen molar-refractivity contribution >= 4 is 23.2 Å². The highest BCUT2D eigenvalue weighted by Crippen LogP contribution is 2.24. The first-order valence-corrected chi connectivity index (χ1v) is 11.4. The monoisotopic (exact) mass is 466 g/mol. The number of hydrogen-bond acceptors (Lipinski definition) is 4. The first-order chi connectivity index (χ1) is 15.9. The first kappa shape index (κ1) is 22.9. The van der Waals surface area contributed by atoms with Crippen molar-refractivity contribution in [2.75, 3.05) is 18.0 Å². The van der Waals surface area contributed by atoms with Crippen LogP contribution < -0.4 is 21.5 Å². The van der Waals surface area contributed by atoms with Gasteiger partial charge in [-0.3, -0.25) is 18.7 Å². The van der Waals surface area contributed by atoms with E-state index in [1.807, 2.05) is 53.4 Å². The Morgan fingerprint density at radius 1 is 1.06 bits per heavy atom. The van der Waals surface area contributed by atoms with Crippen LogP contribution in [0.2, 0.25) is 5.02 Å². The fraction of sp³-hybridized carbons (Fsp3) is 0.320. The third-order valence-electron chi connectivity index (χ3n) is 6.22. The molecule has 0 aliphatic carbocycles. The van der Waals surface area contributed by atoms with Crippen molar-refractivity contribution in [3.05, 3.63) is 91.7 Å². The largest absolute Gasteiger partial charge is 0.366 e. The summed E-state index contributed by atoms with van der Waals surface area (Å²) in [6, 6.07) is 16.7. The minimum Gasteiger partial charge on any atom is -0.366 e. The molecule has 1 amide bonds. The molecule has 2 aromatic carbocycles. The van der Waals surface area contributed by atoms with Crippen molar-refractivity contribution in [3.8, 4) is 5.69 Å². The Kier molecular flexibility index (Phi) is 6.70. The van der Waals surface area contributed by atoms with Crippen molar-refractivity contribution in [1.29, 1.82) is 0 Å². The second kappa shape index (κ2) is 9.67. The van der Waals surface area contributed by atoms with E-state index in [0.29, 0.717) is 54.6 Å². The normalized spacial score (nSPS) is 14.3. The lowest BCUT2D eigenvalue weighted by molar-refractivity contribution is -0.125. The van der Waals surface area contributed by atoms with E-state index in [1.165, 1.54) is 7.05 Å². The molecule has 3 aromatic rings. The Bertz CT molecular complexity index is 1280. The molecule has 0 radical (unpaired) electrons. The molecule has 1 aromatic heterocycles. The maximum atomic E-state index is 13.0. The van der Waals surface area contributed by atoms with Crippen LogP contribution in [0, 0.1) is 12.8 Å². The van der Waals surface area contributed by atoms with E-state index in [9.17, 15) is 14.4 Å². The lowest BCUT2D eigenvalue weighted by atomic mass is 9.95. The van der Waals surface area contributed by atoms with Crippen LogP contribution in [0.15, 0.2) is 64.2 Å². The number of carbonyl (C=O) groups is 1. The highest BCUT2D eigenvalue weighted by atomic mass is 35.5. The first-order valence-electron chi connectivity index (χ1n) is 11.0. The number of aromatic nitrogens is 2. The van der Waals surface area contributed by atoms with Gasteiger partial charge in [-0.05, 0) is 49.6 Å². The van der Waals surface area contributed by atoms with Gasteiger partial charge in [0.25, 0.3) is 5.56 Å². The van der Waals surface area contributed by atoms with Gasteiger partial charge in [0.05, 0.1) is 11.4 Å². The Morgan fingerprint density at radius 2 is 1.76 bits per heavy atom. The molecule has 1 saturated heterocycles. The summed E-state index contributed by atoms with van der Waals surface area (Å²) in [5.41, 5.74) is 2.11. The van der Waals surface area contributed by atoms with Crippen LogP contribution in [-0.4, -0.2) is 28.1 Å². The van der Waals surface area contributed by atoms with E-state index in [1.54, 1.807) is 17.6 Å². The molecule has 172 valence electrons. The fourth-order valence-electron chi connectivity index (χ4n) is 4.39.